The van der Waals surface area contributed by atoms with Crippen LogP contribution in [0.15, 0.2) is 29.2 Å². The number of Topliss-reactive ketones (excluding diaryl/α,β-unsaturated/α-hetero) is 1. The summed E-state index contributed by atoms with van der Waals surface area (Å²) in [6.45, 7) is 4.89. The average Bonchev–Trinajstić information content (AvgIpc) is 3.30. The highest BCUT2D eigenvalue weighted by molar-refractivity contribution is 7.89. The van der Waals surface area contributed by atoms with E-state index < -0.39 is 10.0 Å². The van der Waals surface area contributed by atoms with Gasteiger partial charge in [-0.1, -0.05) is 26.0 Å². The number of ketones is 1. The highest BCUT2D eigenvalue weighted by Crippen LogP contribution is 2.31. The molecule has 0 bridgehead atoms. The largest absolute Gasteiger partial charge is 0.294 e. The van der Waals surface area contributed by atoms with E-state index in [2.05, 4.69) is 0 Å². The van der Waals surface area contributed by atoms with Gasteiger partial charge in [0.05, 0.1) is 4.90 Å². The molecule has 1 fully saturated rings. The number of nitrogens with zero attached hydrogens (tertiary/aromatic N) is 1. The first-order chi connectivity index (χ1) is 9.98. The van der Waals surface area contributed by atoms with E-state index in [9.17, 15) is 13.2 Å². The van der Waals surface area contributed by atoms with E-state index in [-0.39, 0.29) is 10.7 Å². The molecule has 1 saturated carbocycles. The number of hydrogen-bond donors (Lipinski definition) is 0. The van der Waals surface area contributed by atoms with E-state index in [1.54, 1.807) is 29.4 Å². The molecule has 116 valence electrons. The van der Waals surface area contributed by atoms with Crippen molar-refractivity contribution in [1.82, 2.24) is 4.31 Å². The third-order valence-corrected chi connectivity index (χ3v) is 5.61. The van der Waals surface area contributed by atoms with E-state index in [1.165, 1.54) is 6.07 Å². The Balaban J connectivity index is 2.29. The molecule has 21 heavy (non-hydrogen) atoms. The molecule has 0 atom stereocenters. The fourth-order valence-corrected chi connectivity index (χ4v) is 3.99. The van der Waals surface area contributed by atoms with Crippen molar-refractivity contribution in [3.05, 3.63) is 29.8 Å². The van der Waals surface area contributed by atoms with E-state index in [4.69, 9.17) is 0 Å². The Kier molecular flexibility index (Phi) is 5.17. The summed E-state index contributed by atoms with van der Waals surface area (Å²) >= 11 is 0. The molecular weight excluding hydrogens is 286 g/mol. The minimum atomic E-state index is -3.50. The van der Waals surface area contributed by atoms with Crippen LogP contribution in [-0.2, 0) is 10.0 Å². The van der Waals surface area contributed by atoms with Crippen molar-refractivity contribution in [3.63, 3.8) is 0 Å². The van der Waals surface area contributed by atoms with Gasteiger partial charge in [-0.25, -0.2) is 8.42 Å². The first kappa shape index (κ1) is 16.2. The van der Waals surface area contributed by atoms with Crippen molar-refractivity contribution in [2.75, 3.05) is 13.1 Å². The second-order valence-corrected chi connectivity index (χ2v) is 7.55. The molecule has 0 N–H and O–H groups in total. The van der Waals surface area contributed by atoms with Gasteiger partial charge in [-0.05, 0) is 37.3 Å². The lowest BCUT2D eigenvalue weighted by Gasteiger charge is -2.21. The maximum Gasteiger partial charge on any atom is 0.243 e. The van der Waals surface area contributed by atoms with Crippen LogP contribution in [0.2, 0.25) is 0 Å². The summed E-state index contributed by atoms with van der Waals surface area (Å²) in [7, 11) is -3.50. The predicted octanol–water partition coefficient (Wildman–Crippen LogP) is 3.09. The van der Waals surface area contributed by atoms with Crippen LogP contribution >= 0.6 is 0 Å². The van der Waals surface area contributed by atoms with Crippen molar-refractivity contribution in [2.24, 2.45) is 5.92 Å². The average molecular weight is 309 g/mol. The Hall–Kier alpha value is -1.20. The van der Waals surface area contributed by atoms with E-state index in [0.717, 1.165) is 19.3 Å². The normalized spacial score (nSPS) is 15.4. The summed E-state index contributed by atoms with van der Waals surface area (Å²) in [5.74, 6) is 0.475. The van der Waals surface area contributed by atoms with Gasteiger partial charge in [-0.15, -0.1) is 0 Å². The van der Waals surface area contributed by atoms with Gasteiger partial charge in [0.25, 0.3) is 0 Å². The number of rotatable bonds is 8. The standard InChI is InChI=1S/C16H23NO3S/c1-3-10-17(12-13-8-9-13)21(19,20)15-7-5-6-14(11-15)16(18)4-2/h5-7,11,13H,3-4,8-10,12H2,1-2H3. The Morgan fingerprint density at radius 2 is 2.00 bits per heavy atom. The van der Waals surface area contributed by atoms with Crippen LogP contribution in [0, 0.1) is 5.92 Å². The number of benzene rings is 1. The van der Waals surface area contributed by atoms with Crippen LogP contribution in [0.25, 0.3) is 0 Å². The molecule has 4 nitrogen and oxygen atoms in total. The predicted molar refractivity (Wildman–Crippen MR) is 82.8 cm³/mol. The van der Waals surface area contributed by atoms with E-state index in [0.29, 0.717) is 31.0 Å². The molecule has 1 aliphatic rings. The minimum absolute atomic E-state index is 0.0312. The van der Waals surface area contributed by atoms with Gasteiger partial charge in [0, 0.05) is 25.1 Å². The molecule has 1 aliphatic carbocycles. The minimum Gasteiger partial charge on any atom is -0.294 e. The summed E-state index contributed by atoms with van der Waals surface area (Å²) in [5.41, 5.74) is 0.474. The van der Waals surface area contributed by atoms with Crippen molar-refractivity contribution in [3.8, 4) is 0 Å². The lowest BCUT2D eigenvalue weighted by molar-refractivity contribution is 0.0988. The maximum atomic E-state index is 12.8. The number of carbonyl (C=O) groups is 1. The zero-order chi connectivity index (χ0) is 15.5. The smallest absolute Gasteiger partial charge is 0.243 e. The van der Waals surface area contributed by atoms with E-state index in [1.807, 2.05) is 6.92 Å². The summed E-state index contributed by atoms with van der Waals surface area (Å²) < 4.78 is 27.1. The van der Waals surface area contributed by atoms with Crippen LogP contribution in [0.5, 0.6) is 0 Å². The molecule has 1 aromatic rings. The first-order valence-corrected chi connectivity index (χ1v) is 9.06. The molecule has 5 heteroatoms. The summed E-state index contributed by atoms with van der Waals surface area (Å²) in [6.07, 6.45) is 3.40. The molecule has 0 spiro atoms. The topological polar surface area (TPSA) is 54.5 Å². The highest BCUT2D eigenvalue weighted by atomic mass is 32.2. The lowest BCUT2D eigenvalue weighted by Crippen LogP contribution is -2.33. The zero-order valence-corrected chi connectivity index (χ0v) is 13.5. The summed E-state index contributed by atoms with van der Waals surface area (Å²) in [5, 5.41) is 0. The highest BCUT2D eigenvalue weighted by Gasteiger charge is 2.31. The Labute approximate surface area is 127 Å². The van der Waals surface area contributed by atoms with Gasteiger partial charge in [-0.2, -0.15) is 4.31 Å². The zero-order valence-electron chi connectivity index (χ0n) is 12.7. The summed E-state index contributed by atoms with van der Waals surface area (Å²) in [6, 6.07) is 6.42. The lowest BCUT2D eigenvalue weighted by atomic mass is 10.1. The molecule has 0 aromatic heterocycles. The Morgan fingerprint density at radius 1 is 1.29 bits per heavy atom. The van der Waals surface area contributed by atoms with Gasteiger partial charge in [0.1, 0.15) is 0 Å². The monoisotopic (exact) mass is 309 g/mol. The quantitative estimate of drug-likeness (QED) is 0.693. The second-order valence-electron chi connectivity index (χ2n) is 5.61. The second kappa shape index (κ2) is 6.71. The molecule has 0 radical (unpaired) electrons. The fraction of sp³-hybridized carbons (Fsp3) is 0.562. The fourth-order valence-electron chi connectivity index (χ4n) is 2.33. The van der Waals surface area contributed by atoms with Crippen LogP contribution < -0.4 is 0 Å². The summed E-state index contributed by atoms with van der Waals surface area (Å²) in [4.78, 5) is 12.0. The van der Waals surface area contributed by atoms with Crippen LogP contribution in [0.1, 0.15) is 49.9 Å². The van der Waals surface area contributed by atoms with Crippen LogP contribution in [-0.4, -0.2) is 31.6 Å². The van der Waals surface area contributed by atoms with Gasteiger partial charge in [0.2, 0.25) is 10.0 Å². The molecule has 0 heterocycles. The first-order valence-electron chi connectivity index (χ1n) is 7.62. The number of hydrogen-bond acceptors (Lipinski definition) is 3. The number of sulfonamides is 1. The van der Waals surface area contributed by atoms with Crippen molar-refractivity contribution in [1.29, 1.82) is 0 Å². The van der Waals surface area contributed by atoms with Crippen molar-refractivity contribution in [2.45, 2.75) is 44.4 Å². The molecular formula is C16H23NO3S. The third-order valence-electron chi connectivity index (χ3n) is 3.75. The molecule has 1 aromatic carbocycles. The third kappa shape index (κ3) is 3.92. The molecule has 2 rings (SSSR count). The van der Waals surface area contributed by atoms with E-state index >= 15 is 0 Å². The Morgan fingerprint density at radius 3 is 2.57 bits per heavy atom. The van der Waals surface area contributed by atoms with Gasteiger partial charge in [0.15, 0.2) is 5.78 Å². The Bertz CT molecular complexity index is 606. The van der Waals surface area contributed by atoms with Gasteiger partial charge in [-0.3, -0.25) is 4.79 Å². The van der Waals surface area contributed by atoms with Crippen molar-refractivity contribution < 1.29 is 13.2 Å². The SMILES string of the molecule is CCCN(CC1CC1)S(=O)(=O)c1cccc(C(=O)CC)c1. The number of carbonyl (C=O) groups excluding carboxylic acids is 1. The molecule has 0 amide bonds. The van der Waals surface area contributed by atoms with Crippen molar-refractivity contribution >= 4 is 15.8 Å². The van der Waals surface area contributed by atoms with Crippen LogP contribution in [0.4, 0.5) is 0 Å². The van der Waals surface area contributed by atoms with Gasteiger partial charge < -0.3 is 0 Å². The van der Waals surface area contributed by atoms with Crippen LogP contribution in [0.3, 0.4) is 0 Å². The maximum absolute atomic E-state index is 12.8. The van der Waals surface area contributed by atoms with Gasteiger partial charge >= 0.3 is 0 Å². The molecule has 0 aliphatic heterocycles. The molecule has 0 unspecified atom stereocenters. The molecule has 0 saturated heterocycles.